The van der Waals surface area contributed by atoms with Gasteiger partial charge in [-0.1, -0.05) is 162 Å². The van der Waals surface area contributed by atoms with Gasteiger partial charge < -0.3 is 23.8 Å². The molecule has 290 valence electrons. The molecule has 0 aromatic rings. The number of hydrogen-bond acceptors (Lipinski definition) is 6. The summed E-state index contributed by atoms with van der Waals surface area (Å²) in [5.74, 6) is -1.47. The van der Waals surface area contributed by atoms with Crippen LogP contribution >= 0.6 is 0 Å². The van der Waals surface area contributed by atoms with Gasteiger partial charge in [0.25, 0.3) is 0 Å². The van der Waals surface area contributed by atoms with E-state index < -0.39 is 18.1 Å². The number of nitrogens with zero attached hydrogens (tertiary/aromatic N) is 1. The Morgan fingerprint density at radius 3 is 1.29 bits per heavy atom. The Kier molecular flexibility index (Phi) is 32.3. The summed E-state index contributed by atoms with van der Waals surface area (Å²) in [6.45, 7) is 4.64. The summed E-state index contributed by atoms with van der Waals surface area (Å²) in [6, 6.07) is -0.606. The maximum Gasteiger partial charge on any atom is 0.362 e. The van der Waals surface area contributed by atoms with E-state index in [1.165, 1.54) is 116 Å². The van der Waals surface area contributed by atoms with Crippen LogP contribution in [0.3, 0.4) is 0 Å². The SMILES string of the molecule is CCCCCCCCCCCCCCCCCCCCCCCC(=O)OC(COCCC(C(=O)O)[N+](C)(C)C)COC(=O)CCCCCC. The number of esters is 2. The minimum atomic E-state index is -0.874. The van der Waals surface area contributed by atoms with Gasteiger partial charge in [0.2, 0.25) is 0 Å². The van der Waals surface area contributed by atoms with Crippen molar-refractivity contribution in [1.82, 2.24) is 0 Å². The van der Waals surface area contributed by atoms with Gasteiger partial charge in [0, 0.05) is 19.3 Å². The van der Waals surface area contributed by atoms with Crippen LogP contribution in [0.5, 0.6) is 0 Å². The van der Waals surface area contributed by atoms with Crippen LogP contribution in [0.25, 0.3) is 0 Å². The zero-order chi connectivity index (χ0) is 36.4. The maximum atomic E-state index is 12.6. The van der Waals surface area contributed by atoms with Gasteiger partial charge in [0.1, 0.15) is 6.61 Å². The summed E-state index contributed by atoms with van der Waals surface area (Å²) in [6.07, 6.45) is 32.0. The Balaban J connectivity index is 4.04. The van der Waals surface area contributed by atoms with E-state index in [9.17, 15) is 19.5 Å². The minimum absolute atomic E-state index is 0.0463. The number of carbonyl (C=O) groups is 3. The van der Waals surface area contributed by atoms with Crippen molar-refractivity contribution in [3.8, 4) is 0 Å². The van der Waals surface area contributed by atoms with Crippen LogP contribution < -0.4 is 0 Å². The molecule has 0 aliphatic rings. The fourth-order valence-corrected chi connectivity index (χ4v) is 6.27. The van der Waals surface area contributed by atoms with E-state index in [1.807, 2.05) is 21.1 Å². The summed E-state index contributed by atoms with van der Waals surface area (Å²) < 4.78 is 17.1. The molecule has 2 atom stereocenters. The molecule has 0 saturated heterocycles. The summed E-state index contributed by atoms with van der Waals surface area (Å²) >= 11 is 0. The predicted molar refractivity (Wildman–Crippen MR) is 202 cm³/mol. The second-order valence-corrected chi connectivity index (χ2v) is 15.3. The summed E-state index contributed by atoms with van der Waals surface area (Å²) in [5.41, 5.74) is 0. The Hall–Kier alpha value is -1.67. The molecule has 1 N–H and O–H groups in total. The summed E-state index contributed by atoms with van der Waals surface area (Å²) in [5, 5.41) is 9.55. The number of rotatable bonds is 37. The molecular formula is C41H80NO7+. The van der Waals surface area contributed by atoms with E-state index in [4.69, 9.17) is 14.2 Å². The third-order valence-corrected chi connectivity index (χ3v) is 9.51. The molecule has 0 aliphatic heterocycles. The highest BCUT2D eigenvalue weighted by Gasteiger charge is 2.31. The van der Waals surface area contributed by atoms with Gasteiger partial charge in [-0.15, -0.1) is 0 Å². The second-order valence-electron chi connectivity index (χ2n) is 15.3. The van der Waals surface area contributed by atoms with E-state index >= 15 is 0 Å². The van der Waals surface area contributed by atoms with Crippen molar-refractivity contribution in [2.24, 2.45) is 0 Å². The van der Waals surface area contributed by atoms with Crippen molar-refractivity contribution in [1.29, 1.82) is 0 Å². The van der Waals surface area contributed by atoms with E-state index in [-0.39, 0.29) is 36.2 Å². The number of ether oxygens (including phenoxy) is 3. The van der Waals surface area contributed by atoms with Crippen molar-refractivity contribution >= 4 is 17.9 Å². The normalized spacial score (nSPS) is 12.9. The Labute approximate surface area is 302 Å². The van der Waals surface area contributed by atoms with Crippen LogP contribution in [0.2, 0.25) is 0 Å². The molecule has 0 fully saturated rings. The van der Waals surface area contributed by atoms with Gasteiger partial charge in [-0.05, 0) is 12.8 Å². The first-order valence-electron chi connectivity index (χ1n) is 20.6. The molecule has 0 radical (unpaired) electrons. The van der Waals surface area contributed by atoms with Gasteiger partial charge in [0.05, 0.1) is 34.4 Å². The molecular weight excluding hydrogens is 618 g/mol. The van der Waals surface area contributed by atoms with E-state index in [0.29, 0.717) is 19.3 Å². The molecule has 0 aromatic carbocycles. The third-order valence-electron chi connectivity index (χ3n) is 9.51. The van der Waals surface area contributed by atoms with Crippen LogP contribution in [0.15, 0.2) is 0 Å². The minimum Gasteiger partial charge on any atom is -0.477 e. The van der Waals surface area contributed by atoms with Crippen LogP contribution in [-0.2, 0) is 28.6 Å². The molecule has 8 nitrogen and oxygen atoms in total. The fourth-order valence-electron chi connectivity index (χ4n) is 6.27. The van der Waals surface area contributed by atoms with E-state index in [1.54, 1.807) is 0 Å². The van der Waals surface area contributed by atoms with E-state index in [0.717, 1.165) is 44.9 Å². The molecule has 8 heteroatoms. The van der Waals surface area contributed by atoms with Crippen LogP contribution in [0.1, 0.15) is 194 Å². The first kappa shape index (κ1) is 47.3. The lowest BCUT2D eigenvalue weighted by atomic mass is 10.0. The highest BCUT2D eigenvalue weighted by molar-refractivity contribution is 5.72. The molecule has 0 amide bonds. The number of unbranched alkanes of at least 4 members (excludes halogenated alkanes) is 23. The van der Waals surface area contributed by atoms with Crippen molar-refractivity contribution in [3.63, 3.8) is 0 Å². The van der Waals surface area contributed by atoms with Gasteiger partial charge in [0.15, 0.2) is 12.1 Å². The van der Waals surface area contributed by atoms with Gasteiger partial charge >= 0.3 is 17.9 Å². The molecule has 0 aliphatic carbocycles. The summed E-state index contributed by atoms with van der Waals surface area (Å²) in [4.78, 5) is 36.5. The number of likely N-dealkylation sites (N-methyl/N-ethyl adjacent to an activating group) is 1. The molecule has 0 bridgehead atoms. The number of quaternary nitrogens is 1. The molecule has 49 heavy (non-hydrogen) atoms. The van der Waals surface area contributed by atoms with Crippen molar-refractivity contribution < 1.29 is 38.2 Å². The molecule has 0 aromatic heterocycles. The molecule has 2 unspecified atom stereocenters. The first-order chi connectivity index (χ1) is 23.6. The zero-order valence-electron chi connectivity index (χ0n) is 32.9. The van der Waals surface area contributed by atoms with Crippen molar-refractivity contribution in [3.05, 3.63) is 0 Å². The lowest BCUT2D eigenvalue weighted by Gasteiger charge is -2.31. The number of carboxylic acids is 1. The number of carbonyl (C=O) groups excluding carboxylic acids is 2. The van der Waals surface area contributed by atoms with Gasteiger partial charge in [-0.25, -0.2) is 4.79 Å². The standard InChI is InChI=1S/C41H79NO7/c1-6-8-10-12-13-14-15-16-17-18-19-20-21-22-23-24-25-26-27-28-30-32-40(44)49-37(36-48-39(43)31-29-11-9-7-2)35-47-34-33-38(41(45)46)42(3,4)5/h37-38H,6-36H2,1-5H3/p+1. The lowest BCUT2D eigenvalue weighted by Crippen LogP contribution is -2.50. The number of aliphatic carboxylic acids is 1. The van der Waals surface area contributed by atoms with Crippen LogP contribution in [0, 0.1) is 0 Å². The zero-order valence-corrected chi connectivity index (χ0v) is 32.9. The molecule has 0 heterocycles. The Morgan fingerprint density at radius 1 is 0.531 bits per heavy atom. The predicted octanol–water partition coefficient (Wildman–Crippen LogP) is 10.6. The average Bonchev–Trinajstić information content (AvgIpc) is 3.05. The third kappa shape index (κ3) is 32.0. The molecule has 0 spiro atoms. The smallest absolute Gasteiger partial charge is 0.362 e. The second kappa shape index (κ2) is 33.5. The maximum absolute atomic E-state index is 12.6. The number of hydrogen-bond donors (Lipinski definition) is 1. The monoisotopic (exact) mass is 699 g/mol. The van der Waals surface area contributed by atoms with Gasteiger partial charge in [-0.3, -0.25) is 9.59 Å². The highest BCUT2D eigenvalue weighted by atomic mass is 16.6. The number of carboxylic acid groups (broad SMARTS) is 1. The van der Waals surface area contributed by atoms with E-state index in [2.05, 4.69) is 13.8 Å². The molecule has 0 saturated carbocycles. The van der Waals surface area contributed by atoms with Gasteiger partial charge in [-0.2, -0.15) is 0 Å². The average molecular weight is 699 g/mol. The quantitative estimate of drug-likeness (QED) is 0.0392. The Bertz CT molecular complexity index is 782. The Morgan fingerprint density at radius 2 is 0.898 bits per heavy atom. The van der Waals surface area contributed by atoms with Crippen molar-refractivity contribution in [2.45, 2.75) is 206 Å². The molecule has 0 rings (SSSR count). The summed E-state index contributed by atoms with van der Waals surface area (Å²) in [7, 11) is 5.51. The first-order valence-corrected chi connectivity index (χ1v) is 20.6. The topological polar surface area (TPSA) is 99.1 Å². The van der Waals surface area contributed by atoms with Crippen molar-refractivity contribution in [2.75, 3.05) is 41.0 Å². The van der Waals surface area contributed by atoms with Crippen LogP contribution in [-0.4, -0.2) is 80.6 Å². The van der Waals surface area contributed by atoms with Crippen LogP contribution in [0.4, 0.5) is 0 Å². The lowest BCUT2D eigenvalue weighted by molar-refractivity contribution is -0.887. The largest absolute Gasteiger partial charge is 0.477 e. The fraction of sp³-hybridized carbons (Fsp3) is 0.927. The highest BCUT2D eigenvalue weighted by Crippen LogP contribution is 2.16.